The molecule has 196 valence electrons. The summed E-state index contributed by atoms with van der Waals surface area (Å²) >= 11 is 8.08. The Kier molecular flexibility index (Phi) is 9.09. The molecule has 0 fully saturated rings. The Morgan fingerprint density at radius 1 is 0.821 bits per heavy atom. The molecular weight excluding hydrogens is 524 g/mol. The van der Waals surface area contributed by atoms with Gasteiger partial charge in [0.05, 0.1) is 11.1 Å². The van der Waals surface area contributed by atoms with Crippen LogP contribution in [0.1, 0.15) is 30.0 Å². The minimum Gasteiger partial charge on any atom is -0.349 e. The number of carbonyl (C=O) groups is 1. The van der Waals surface area contributed by atoms with Gasteiger partial charge in [0, 0.05) is 23.4 Å². The van der Waals surface area contributed by atoms with E-state index >= 15 is 0 Å². The summed E-state index contributed by atoms with van der Waals surface area (Å²) in [6.45, 7) is 0. The highest BCUT2D eigenvalue weighted by atomic mass is 35.5. The quantitative estimate of drug-likeness (QED) is 0.136. The highest BCUT2D eigenvalue weighted by Gasteiger charge is 2.19. The number of thioether (sulfide) groups is 1. The van der Waals surface area contributed by atoms with Gasteiger partial charge in [0.25, 0.3) is 0 Å². The summed E-state index contributed by atoms with van der Waals surface area (Å²) in [5.41, 5.74) is 4.08. The molecule has 0 aliphatic carbocycles. The van der Waals surface area contributed by atoms with Gasteiger partial charge in [-0.25, -0.2) is 0 Å². The zero-order valence-electron chi connectivity index (χ0n) is 21.4. The number of rotatable bonds is 11. The maximum Gasteiger partial charge on any atom is 0.220 e. The zero-order chi connectivity index (χ0) is 26.9. The van der Waals surface area contributed by atoms with Crippen molar-refractivity contribution in [3.63, 3.8) is 0 Å². The van der Waals surface area contributed by atoms with Gasteiger partial charge in [0.15, 0.2) is 11.0 Å². The van der Waals surface area contributed by atoms with Crippen LogP contribution in [0.15, 0.2) is 120 Å². The number of aromatic nitrogens is 3. The number of nitrogens with one attached hydrogen (secondary N) is 1. The lowest BCUT2D eigenvalue weighted by molar-refractivity contribution is -0.121. The maximum absolute atomic E-state index is 13.0. The van der Waals surface area contributed by atoms with E-state index in [1.165, 1.54) is 5.56 Å². The monoisotopic (exact) mass is 552 g/mol. The third-order valence-corrected chi connectivity index (χ3v) is 7.71. The molecule has 5 rings (SSSR count). The summed E-state index contributed by atoms with van der Waals surface area (Å²) in [5, 5.41) is 13.6. The lowest BCUT2D eigenvalue weighted by atomic mass is 9.98. The Morgan fingerprint density at radius 2 is 1.46 bits per heavy atom. The predicted octanol–water partition coefficient (Wildman–Crippen LogP) is 7.56. The molecule has 0 saturated carbocycles. The topological polar surface area (TPSA) is 59.8 Å². The summed E-state index contributed by atoms with van der Waals surface area (Å²) in [7, 11) is 0. The molecule has 1 unspecified atom stereocenters. The number of amides is 1. The second-order valence-corrected chi connectivity index (χ2v) is 10.6. The number of benzene rings is 4. The van der Waals surface area contributed by atoms with Crippen molar-refractivity contribution in [2.75, 3.05) is 5.75 Å². The van der Waals surface area contributed by atoms with Gasteiger partial charge < -0.3 is 5.32 Å². The molecule has 1 aromatic heterocycles. The van der Waals surface area contributed by atoms with E-state index in [9.17, 15) is 4.79 Å². The molecule has 0 aliphatic rings. The molecule has 0 aliphatic heterocycles. The molecule has 5 aromatic rings. The van der Waals surface area contributed by atoms with Gasteiger partial charge in [-0.15, -0.1) is 10.2 Å². The van der Waals surface area contributed by atoms with Crippen LogP contribution < -0.4 is 5.32 Å². The van der Waals surface area contributed by atoms with E-state index in [2.05, 4.69) is 39.8 Å². The van der Waals surface area contributed by atoms with E-state index in [0.717, 1.165) is 34.1 Å². The van der Waals surface area contributed by atoms with E-state index in [0.29, 0.717) is 23.7 Å². The fourth-order valence-corrected chi connectivity index (χ4v) is 5.55. The normalized spacial score (nSPS) is 11.7. The number of nitrogens with zero attached hydrogens (tertiary/aromatic N) is 3. The van der Waals surface area contributed by atoms with Crippen molar-refractivity contribution in [2.24, 2.45) is 0 Å². The van der Waals surface area contributed by atoms with Crippen molar-refractivity contribution in [3.05, 3.63) is 131 Å². The van der Waals surface area contributed by atoms with Crippen molar-refractivity contribution in [1.82, 2.24) is 20.1 Å². The van der Waals surface area contributed by atoms with E-state index in [4.69, 9.17) is 11.6 Å². The van der Waals surface area contributed by atoms with Crippen LogP contribution in [-0.4, -0.2) is 26.4 Å². The molecule has 7 heteroatoms. The van der Waals surface area contributed by atoms with Crippen molar-refractivity contribution in [1.29, 1.82) is 0 Å². The first-order valence-electron chi connectivity index (χ1n) is 13.0. The summed E-state index contributed by atoms with van der Waals surface area (Å²) in [6, 6.07) is 38.0. The molecule has 1 amide bonds. The average molecular weight is 553 g/mol. The number of halogens is 1. The molecule has 5 nitrogen and oxygen atoms in total. The van der Waals surface area contributed by atoms with E-state index in [1.807, 2.05) is 95.6 Å². The van der Waals surface area contributed by atoms with Crippen molar-refractivity contribution >= 4 is 29.3 Å². The van der Waals surface area contributed by atoms with Crippen LogP contribution in [0.4, 0.5) is 0 Å². The fourth-order valence-electron chi connectivity index (χ4n) is 4.44. The van der Waals surface area contributed by atoms with Crippen LogP contribution in [0.2, 0.25) is 5.02 Å². The second kappa shape index (κ2) is 13.3. The van der Waals surface area contributed by atoms with Gasteiger partial charge in [-0.1, -0.05) is 114 Å². The maximum atomic E-state index is 13.0. The minimum atomic E-state index is -0.0758. The van der Waals surface area contributed by atoms with E-state index in [1.54, 1.807) is 11.8 Å². The minimum absolute atomic E-state index is 0.0432. The van der Waals surface area contributed by atoms with Crippen LogP contribution in [-0.2, 0) is 11.2 Å². The molecule has 0 bridgehead atoms. The van der Waals surface area contributed by atoms with Gasteiger partial charge in [0.2, 0.25) is 5.91 Å². The molecule has 0 saturated heterocycles. The SMILES string of the molecule is O=C(CCCSc1nnc(-c2ccccc2Cl)n1-c1ccccc1)NC(Cc1ccccc1)c1ccccc1. The van der Waals surface area contributed by atoms with E-state index < -0.39 is 0 Å². The first-order valence-corrected chi connectivity index (χ1v) is 14.3. The predicted molar refractivity (Wildman–Crippen MR) is 159 cm³/mol. The Bertz CT molecular complexity index is 1490. The highest BCUT2D eigenvalue weighted by molar-refractivity contribution is 7.99. The number of carbonyl (C=O) groups excluding carboxylic acids is 1. The van der Waals surface area contributed by atoms with Crippen molar-refractivity contribution in [3.8, 4) is 17.1 Å². The molecule has 0 radical (unpaired) electrons. The largest absolute Gasteiger partial charge is 0.349 e. The lowest BCUT2D eigenvalue weighted by Crippen LogP contribution is -2.29. The number of hydrogen-bond acceptors (Lipinski definition) is 4. The Balaban J connectivity index is 1.24. The van der Waals surface area contributed by atoms with Crippen molar-refractivity contribution < 1.29 is 4.79 Å². The van der Waals surface area contributed by atoms with Gasteiger partial charge in [-0.3, -0.25) is 9.36 Å². The van der Waals surface area contributed by atoms with Gasteiger partial charge in [0.1, 0.15) is 0 Å². The highest BCUT2D eigenvalue weighted by Crippen LogP contribution is 2.32. The third kappa shape index (κ3) is 6.96. The van der Waals surface area contributed by atoms with Crippen molar-refractivity contribution in [2.45, 2.75) is 30.5 Å². The molecule has 1 atom stereocenters. The Hall–Kier alpha value is -3.87. The summed E-state index contributed by atoms with van der Waals surface area (Å²) < 4.78 is 2.03. The lowest BCUT2D eigenvalue weighted by Gasteiger charge is -2.19. The molecule has 1 heterocycles. The Labute approximate surface area is 238 Å². The van der Waals surface area contributed by atoms with Crippen LogP contribution in [0.25, 0.3) is 17.1 Å². The fraction of sp³-hybridized carbons (Fsp3) is 0.156. The first-order chi connectivity index (χ1) is 19.2. The van der Waals surface area contributed by atoms with Gasteiger partial charge in [-0.05, 0) is 48.2 Å². The van der Waals surface area contributed by atoms with Crippen LogP contribution >= 0.6 is 23.4 Å². The summed E-state index contributed by atoms with van der Waals surface area (Å²) in [5.74, 6) is 1.47. The van der Waals surface area contributed by atoms with Crippen LogP contribution in [0.3, 0.4) is 0 Å². The second-order valence-electron chi connectivity index (χ2n) is 9.13. The van der Waals surface area contributed by atoms with Crippen LogP contribution in [0, 0.1) is 0 Å². The Morgan fingerprint density at radius 3 is 2.18 bits per heavy atom. The molecule has 0 spiro atoms. The first kappa shape index (κ1) is 26.7. The summed E-state index contributed by atoms with van der Waals surface area (Å²) in [6.07, 6.45) is 1.89. The third-order valence-electron chi connectivity index (χ3n) is 6.36. The average Bonchev–Trinajstić information content (AvgIpc) is 3.40. The zero-order valence-corrected chi connectivity index (χ0v) is 23.0. The van der Waals surface area contributed by atoms with Gasteiger partial charge >= 0.3 is 0 Å². The smallest absolute Gasteiger partial charge is 0.220 e. The van der Waals surface area contributed by atoms with Gasteiger partial charge in [-0.2, -0.15) is 0 Å². The molecule has 39 heavy (non-hydrogen) atoms. The standard InChI is InChI=1S/C32H29ClN4OS/c33-28-20-11-10-19-27(28)31-35-36-32(37(31)26-17-8-3-9-18-26)39-22-12-21-30(38)34-29(25-15-6-2-7-16-25)23-24-13-4-1-5-14-24/h1-11,13-20,29H,12,21-23H2,(H,34,38). The number of para-hydroxylation sites is 1. The van der Waals surface area contributed by atoms with Crippen LogP contribution in [0.5, 0.6) is 0 Å². The molecule has 1 N–H and O–H groups in total. The van der Waals surface area contributed by atoms with E-state index in [-0.39, 0.29) is 11.9 Å². The summed E-state index contributed by atoms with van der Waals surface area (Å²) in [4.78, 5) is 13.0. The number of hydrogen-bond donors (Lipinski definition) is 1. The molecule has 4 aromatic carbocycles. The molecular formula is C32H29ClN4OS.